The first-order chi connectivity index (χ1) is 12.3. The van der Waals surface area contributed by atoms with Crippen LogP contribution in [0, 0.1) is 5.82 Å². The van der Waals surface area contributed by atoms with Crippen LogP contribution < -0.4 is 5.32 Å². The van der Waals surface area contributed by atoms with Crippen LogP contribution in [-0.4, -0.2) is 39.2 Å². The summed E-state index contributed by atoms with van der Waals surface area (Å²) in [5.41, 5.74) is -0.243. The van der Waals surface area contributed by atoms with Gasteiger partial charge in [0, 0.05) is 0 Å². The fourth-order valence-electron chi connectivity index (χ4n) is 2.29. The molecule has 0 heterocycles. The predicted molar refractivity (Wildman–Crippen MR) is 92.8 cm³/mol. The standard InChI is InChI=1S/C18H18FNO5S/c1-25-18(22)16(20-17(21)14-9-5-6-10-15(14)19)11-12-26(23,24)13-7-3-2-4-8-13/h2-10,16H,11-12H2,1H3,(H,20,21)/t16-/m0/s1. The summed E-state index contributed by atoms with van der Waals surface area (Å²) in [7, 11) is -2.52. The molecule has 1 N–H and O–H groups in total. The fourth-order valence-corrected chi connectivity index (χ4v) is 3.64. The Kier molecular flexibility index (Phi) is 6.46. The maximum Gasteiger partial charge on any atom is 0.328 e. The molecule has 0 aromatic heterocycles. The van der Waals surface area contributed by atoms with Crippen LogP contribution in [0.1, 0.15) is 16.8 Å². The summed E-state index contributed by atoms with van der Waals surface area (Å²) < 4.78 is 43.0. The van der Waals surface area contributed by atoms with Crippen molar-refractivity contribution in [2.24, 2.45) is 0 Å². The molecule has 1 atom stereocenters. The molecule has 0 saturated heterocycles. The number of ether oxygens (including phenoxy) is 1. The Morgan fingerprint density at radius 3 is 2.31 bits per heavy atom. The van der Waals surface area contributed by atoms with Crippen molar-refractivity contribution in [1.82, 2.24) is 5.32 Å². The number of halogens is 1. The molecule has 0 fully saturated rings. The number of hydrogen-bond donors (Lipinski definition) is 1. The van der Waals surface area contributed by atoms with Crippen molar-refractivity contribution in [2.75, 3.05) is 12.9 Å². The third kappa shape index (κ3) is 4.89. The summed E-state index contributed by atoms with van der Waals surface area (Å²) in [5.74, 6) is -2.76. The smallest absolute Gasteiger partial charge is 0.328 e. The molecule has 0 saturated carbocycles. The lowest BCUT2D eigenvalue weighted by atomic mass is 10.1. The van der Waals surface area contributed by atoms with Crippen LogP contribution in [0.3, 0.4) is 0 Å². The molecule has 138 valence electrons. The summed E-state index contributed by atoms with van der Waals surface area (Å²) in [6.45, 7) is 0. The molecule has 0 aliphatic rings. The SMILES string of the molecule is COC(=O)[C@H](CCS(=O)(=O)c1ccccc1)NC(=O)c1ccccc1F. The molecule has 0 radical (unpaired) electrons. The number of benzene rings is 2. The number of carbonyl (C=O) groups excluding carboxylic acids is 2. The number of sulfone groups is 1. The number of nitrogens with one attached hydrogen (secondary N) is 1. The molecule has 0 spiro atoms. The van der Waals surface area contributed by atoms with Crippen LogP contribution >= 0.6 is 0 Å². The van der Waals surface area contributed by atoms with Crippen LogP contribution in [-0.2, 0) is 19.4 Å². The topological polar surface area (TPSA) is 89.5 Å². The first kappa shape index (κ1) is 19.6. The maximum atomic E-state index is 13.7. The Morgan fingerprint density at radius 2 is 1.69 bits per heavy atom. The predicted octanol–water partition coefficient (Wildman–Crippen LogP) is 1.96. The van der Waals surface area contributed by atoms with Gasteiger partial charge in [-0.3, -0.25) is 4.79 Å². The van der Waals surface area contributed by atoms with E-state index >= 15 is 0 Å². The highest BCUT2D eigenvalue weighted by molar-refractivity contribution is 7.91. The second kappa shape index (κ2) is 8.57. The Balaban J connectivity index is 2.12. The fraction of sp³-hybridized carbons (Fsp3) is 0.222. The van der Waals surface area contributed by atoms with Gasteiger partial charge in [0.25, 0.3) is 5.91 Å². The maximum absolute atomic E-state index is 13.7. The zero-order chi connectivity index (χ0) is 19.2. The van der Waals surface area contributed by atoms with E-state index in [2.05, 4.69) is 10.1 Å². The van der Waals surface area contributed by atoms with E-state index in [1.54, 1.807) is 18.2 Å². The van der Waals surface area contributed by atoms with Gasteiger partial charge in [-0.25, -0.2) is 17.6 Å². The second-order valence-electron chi connectivity index (χ2n) is 5.45. The van der Waals surface area contributed by atoms with Gasteiger partial charge in [0.15, 0.2) is 9.84 Å². The van der Waals surface area contributed by atoms with Crippen molar-refractivity contribution >= 4 is 21.7 Å². The Bertz CT molecular complexity index is 883. The van der Waals surface area contributed by atoms with E-state index in [4.69, 9.17) is 0 Å². The average Bonchev–Trinajstić information content (AvgIpc) is 2.65. The summed E-state index contributed by atoms with van der Waals surface area (Å²) >= 11 is 0. The Labute approximate surface area is 150 Å². The minimum Gasteiger partial charge on any atom is -0.467 e. The molecule has 8 heteroatoms. The number of carbonyl (C=O) groups is 2. The van der Waals surface area contributed by atoms with Crippen molar-refractivity contribution in [1.29, 1.82) is 0 Å². The summed E-state index contributed by atoms with van der Waals surface area (Å²) in [6, 6.07) is 11.8. The average molecular weight is 379 g/mol. The monoisotopic (exact) mass is 379 g/mol. The second-order valence-corrected chi connectivity index (χ2v) is 7.56. The minimum absolute atomic E-state index is 0.115. The zero-order valence-corrected chi connectivity index (χ0v) is 14.8. The van der Waals surface area contributed by atoms with Crippen LogP contribution in [0.2, 0.25) is 0 Å². The van der Waals surface area contributed by atoms with Gasteiger partial charge < -0.3 is 10.1 Å². The normalized spacial score (nSPS) is 12.2. The van der Waals surface area contributed by atoms with Crippen LogP contribution in [0.15, 0.2) is 59.5 Å². The third-order valence-corrected chi connectivity index (χ3v) is 5.45. The number of amides is 1. The highest BCUT2D eigenvalue weighted by atomic mass is 32.2. The van der Waals surface area contributed by atoms with E-state index in [9.17, 15) is 22.4 Å². The molecule has 0 bridgehead atoms. The van der Waals surface area contributed by atoms with Gasteiger partial charge in [0.2, 0.25) is 0 Å². The van der Waals surface area contributed by atoms with E-state index in [-0.39, 0.29) is 22.6 Å². The molecule has 2 aromatic rings. The molecule has 0 aliphatic carbocycles. The highest BCUT2D eigenvalue weighted by Gasteiger charge is 2.26. The van der Waals surface area contributed by atoms with Crippen molar-refractivity contribution in [3.63, 3.8) is 0 Å². The van der Waals surface area contributed by atoms with Crippen molar-refractivity contribution < 1.29 is 27.1 Å². The molecule has 0 aliphatic heterocycles. The number of methoxy groups -OCH3 is 1. The molecule has 26 heavy (non-hydrogen) atoms. The van der Waals surface area contributed by atoms with Crippen LogP contribution in [0.4, 0.5) is 4.39 Å². The summed E-state index contributed by atoms with van der Waals surface area (Å²) in [6.07, 6.45) is -0.204. The van der Waals surface area contributed by atoms with Gasteiger partial charge in [-0.2, -0.15) is 0 Å². The molecule has 0 unspecified atom stereocenters. The number of esters is 1. The molecule has 1 amide bonds. The minimum atomic E-state index is -3.64. The van der Waals surface area contributed by atoms with Gasteiger partial charge in [-0.15, -0.1) is 0 Å². The van der Waals surface area contributed by atoms with E-state index in [0.717, 1.165) is 13.2 Å². The molecule has 2 rings (SSSR count). The van der Waals surface area contributed by atoms with E-state index < -0.39 is 33.6 Å². The lowest BCUT2D eigenvalue weighted by Crippen LogP contribution is -2.42. The Morgan fingerprint density at radius 1 is 1.08 bits per heavy atom. The molecular weight excluding hydrogens is 361 g/mol. The van der Waals surface area contributed by atoms with Crippen LogP contribution in [0.5, 0.6) is 0 Å². The third-order valence-electron chi connectivity index (χ3n) is 3.69. The quantitative estimate of drug-likeness (QED) is 0.743. The van der Waals surface area contributed by atoms with Gasteiger partial charge in [0.05, 0.1) is 23.3 Å². The van der Waals surface area contributed by atoms with E-state index in [1.807, 2.05) is 0 Å². The highest BCUT2D eigenvalue weighted by Crippen LogP contribution is 2.13. The summed E-state index contributed by atoms with van der Waals surface area (Å²) in [4.78, 5) is 24.2. The lowest BCUT2D eigenvalue weighted by Gasteiger charge is -2.17. The summed E-state index contributed by atoms with van der Waals surface area (Å²) in [5, 5.41) is 2.33. The Hall–Kier alpha value is -2.74. The van der Waals surface area contributed by atoms with Gasteiger partial charge >= 0.3 is 5.97 Å². The van der Waals surface area contributed by atoms with Crippen LogP contribution in [0.25, 0.3) is 0 Å². The first-order valence-corrected chi connectivity index (χ1v) is 9.41. The largest absolute Gasteiger partial charge is 0.467 e. The van der Waals surface area contributed by atoms with Crippen molar-refractivity contribution in [3.05, 3.63) is 66.0 Å². The number of hydrogen-bond acceptors (Lipinski definition) is 5. The van der Waals surface area contributed by atoms with E-state index in [1.165, 1.54) is 30.3 Å². The van der Waals surface area contributed by atoms with Crippen molar-refractivity contribution in [3.8, 4) is 0 Å². The van der Waals surface area contributed by atoms with Gasteiger partial charge in [0.1, 0.15) is 11.9 Å². The van der Waals surface area contributed by atoms with Gasteiger partial charge in [-0.05, 0) is 30.7 Å². The molecular formula is C18H18FNO5S. The molecule has 2 aromatic carbocycles. The number of rotatable bonds is 7. The van der Waals surface area contributed by atoms with Crippen molar-refractivity contribution in [2.45, 2.75) is 17.4 Å². The zero-order valence-electron chi connectivity index (χ0n) is 14.0. The lowest BCUT2D eigenvalue weighted by molar-refractivity contribution is -0.142. The first-order valence-electron chi connectivity index (χ1n) is 7.76. The molecule has 6 nitrogen and oxygen atoms in total. The van der Waals surface area contributed by atoms with Gasteiger partial charge in [-0.1, -0.05) is 30.3 Å². The van der Waals surface area contributed by atoms with E-state index in [0.29, 0.717) is 0 Å².